The number of aryl methyl sites for hydroxylation is 1. The van der Waals surface area contributed by atoms with Gasteiger partial charge in [0.15, 0.2) is 0 Å². The molecule has 0 unspecified atom stereocenters. The Morgan fingerprint density at radius 2 is 1.75 bits per heavy atom. The van der Waals surface area contributed by atoms with E-state index in [0.717, 1.165) is 26.4 Å². The Hall–Kier alpha value is -3.27. The van der Waals surface area contributed by atoms with Crippen LogP contribution in [0.2, 0.25) is 0 Å². The summed E-state index contributed by atoms with van der Waals surface area (Å²) in [5.74, 6) is -2.31. The second-order valence-electron chi connectivity index (χ2n) is 6.29. The van der Waals surface area contributed by atoms with Crippen molar-refractivity contribution in [3.63, 3.8) is 0 Å². The molecule has 0 atom stereocenters. The van der Waals surface area contributed by atoms with Crippen LogP contribution in [0.4, 0.5) is 4.39 Å². The van der Waals surface area contributed by atoms with E-state index in [1.807, 2.05) is 6.92 Å². The first-order valence-electron chi connectivity index (χ1n) is 8.32. The van der Waals surface area contributed by atoms with Crippen molar-refractivity contribution in [3.8, 4) is 0 Å². The van der Waals surface area contributed by atoms with Gasteiger partial charge in [-0.1, -0.05) is 12.1 Å². The number of carbonyl (C=O) groups excluding carboxylic acids is 3. The van der Waals surface area contributed by atoms with E-state index in [9.17, 15) is 18.8 Å². The predicted molar refractivity (Wildman–Crippen MR) is 102 cm³/mol. The molecule has 2 heterocycles. The molecule has 0 aliphatic carbocycles. The van der Waals surface area contributed by atoms with E-state index in [2.05, 4.69) is 5.10 Å². The first-order chi connectivity index (χ1) is 13.2. The molecule has 0 saturated carbocycles. The number of fused-ring (bicyclic) bond motifs is 1. The van der Waals surface area contributed by atoms with Crippen LogP contribution in [0.1, 0.15) is 20.9 Å². The van der Waals surface area contributed by atoms with Gasteiger partial charge < -0.3 is 16.4 Å². The summed E-state index contributed by atoms with van der Waals surface area (Å²) in [5.41, 5.74) is 11.9. The average molecular weight is 403 g/mol. The van der Waals surface area contributed by atoms with E-state index in [-0.39, 0.29) is 5.82 Å². The summed E-state index contributed by atoms with van der Waals surface area (Å²) in [6, 6.07) is 7.75. The molecule has 0 aliphatic heterocycles. The molecule has 0 aliphatic rings. The third kappa shape index (κ3) is 4.17. The van der Waals surface area contributed by atoms with Gasteiger partial charge in [-0.25, -0.2) is 4.39 Å². The molecule has 0 bridgehead atoms. The molecule has 2 aromatic heterocycles. The first kappa shape index (κ1) is 19.5. The average Bonchev–Trinajstić information content (AvgIpc) is 3.16. The number of benzene rings is 1. The fourth-order valence-electron chi connectivity index (χ4n) is 2.82. The number of hydrogen-bond acceptors (Lipinski definition) is 5. The molecule has 28 heavy (non-hydrogen) atoms. The normalized spacial score (nSPS) is 10.9. The summed E-state index contributed by atoms with van der Waals surface area (Å²) in [5, 5.41) is 5.26. The van der Waals surface area contributed by atoms with Crippen molar-refractivity contribution in [2.45, 2.75) is 13.5 Å². The zero-order valence-electron chi connectivity index (χ0n) is 15.0. The zero-order valence-corrected chi connectivity index (χ0v) is 15.8. The Labute approximate surface area is 163 Å². The lowest BCUT2D eigenvalue weighted by atomic mass is 10.2. The van der Waals surface area contributed by atoms with E-state index in [1.165, 1.54) is 23.5 Å². The quantitative estimate of drug-likeness (QED) is 0.611. The molecule has 0 radical (unpaired) electrons. The Morgan fingerprint density at radius 3 is 2.32 bits per heavy atom. The molecule has 3 aromatic rings. The van der Waals surface area contributed by atoms with Gasteiger partial charge >= 0.3 is 0 Å². The van der Waals surface area contributed by atoms with Crippen molar-refractivity contribution < 1.29 is 18.8 Å². The number of thiophene rings is 1. The van der Waals surface area contributed by atoms with Crippen LogP contribution >= 0.6 is 11.3 Å². The van der Waals surface area contributed by atoms with Crippen LogP contribution < -0.4 is 11.5 Å². The molecule has 0 spiro atoms. The molecule has 146 valence electrons. The third-order valence-corrected chi connectivity index (χ3v) is 5.18. The Kier molecular flexibility index (Phi) is 5.41. The molecular weight excluding hydrogens is 385 g/mol. The van der Waals surface area contributed by atoms with Crippen LogP contribution in [0.3, 0.4) is 0 Å². The predicted octanol–water partition coefficient (Wildman–Crippen LogP) is 1.01. The Bertz CT molecular complexity index is 1040. The largest absolute Gasteiger partial charge is 0.368 e. The molecule has 0 fully saturated rings. The maximum absolute atomic E-state index is 13.1. The maximum Gasteiger partial charge on any atom is 0.264 e. The monoisotopic (exact) mass is 403 g/mol. The van der Waals surface area contributed by atoms with Crippen LogP contribution in [0.25, 0.3) is 10.2 Å². The van der Waals surface area contributed by atoms with Crippen LogP contribution in [0, 0.1) is 12.7 Å². The number of amides is 3. The molecule has 3 rings (SSSR count). The van der Waals surface area contributed by atoms with E-state index < -0.39 is 30.8 Å². The highest BCUT2D eigenvalue weighted by molar-refractivity contribution is 7.20. The van der Waals surface area contributed by atoms with E-state index in [1.54, 1.807) is 22.9 Å². The molecule has 0 saturated heterocycles. The minimum atomic E-state index is -0.741. The van der Waals surface area contributed by atoms with Crippen molar-refractivity contribution in [2.24, 2.45) is 11.5 Å². The Morgan fingerprint density at radius 1 is 1.14 bits per heavy atom. The lowest BCUT2D eigenvalue weighted by Crippen LogP contribution is -2.43. The van der Waals surface area contributed by atoms with Gasteiger partial charge in [-0.2, -0.15) is 5.10 Å². The van der Waals surface area contributed by atoms with Gasteiger partial charge in [0, 0.05) is 5.39 Å². The second-order valence-corrected chi connectivity index (χ2v) is 7.32. The summed E-state index contributed by atoms with van der Waals surface area (Å²) in [6.45, 7) is 1.41. The molecule has 8 nitrogen and oxygen atoms in total. The molecule has 4 N–H and O–H groups in total. The summed E-state index contributed by atoms with van der Waals surface area (Å²) in [4.78, 5) is 37.3. The van der Waals surface area contributed by atoms with Gasteiger partial charge in [-0.3, -0.25) is 19.1 Å². The maximum atomic E-state index is 13.1. The van der Waals surface area contributed by atoms with Gasteiger partial charge in [-0.15, -0.1) is 11.3 Å². The summed E-state index contributed by atoms with van der Waals surface area (Å²) >= 11 is 1.19. The van der Waals surface area contributed by atoms with Crippen molar-refractivity contribution in [3.05, 3.63) is 52.3 Å². The fourth-order valence-corrected chi connectivity index (χ4v) is 3.95. The van der Waals surface area contributed by atoms with Crippen molar-refractivity contribution in [2.75, 3.05) is 13.1 Å². The SMILES string of the molecule is Cc1nn(Cc2ccc(F)cc2)c2sc(C(=O)N(CC(N)=O)CC(N)=O)cc12. The third-order valence-electron chi connectivity index (χ3n) is 4.04. The molecular formula is C18H18FN5O3S. The highest BCUT2D eigenvalue weighted by Gasteiger charge is 2.23. The first-order valence-corrected chi connectivity index (χ1v) is 9.13. The van der Waals surface area contributed by atoms with Gasteiger partial charge in [-0.05, 0) is 30.7 Å². The standard InChI is InChI=1S/C18H18FN5O3S/c1-10-13-6-14(17(27)23(8-15(20)25)9-16(21)26)28-18(13)24(22-10)7-11-2-4-12(19)5-3-11/h2-6H,7-9H2,1H3,(H2,20,25)(H2,21,26). The van der Waals surface area contributed by atoms with Crippen LogP contribution in [0.5, 0.6) is 0 Å². The fraction of sp³-hybridized carbons (Fsp3) is 0.222. The lowest BCUT2D eigenvalue weighted by Gasteiger charge is -2.18. The van der Waals surface area contributed by atoms with Crippen molar-refractivity contribution >= 4 is 39.3 Å². The minimum Gasteiger partial charge on any atom is -0.368 e. The highest BCUT2D eigenvalue weighted by Crippen LogP contribution is 2.29. The second kappa shape index (κ2) is 7.77. The van der Waals surface area contributed by atoms with Gasteiger partial charge in [0.2, 0.25) is 11.8 Å². The number of rotatable bonds is 7. The number of nitrogens with zero attached hydrogens (tertiary/aromatic N) is 3. The van der Waals surface area contributed by atoms with Crippen molar-refractivity contribution in [1.82, 2.24) is 14.7 Å². The molecule has 3 amide bonds. The lowest BCUT2D eigenvalue weighted by molar-refractivity contribution is -0.121. The summed E-state index contributed by atoms with van der Waals surface area (Å²) in [6.07, 6.45) is 0. The van der Waals surface area contributed by atoms with Crippen LogP contribution in [-0.4, -0.2) is 45.5 Å². The number of hydrogen-bond donors (Lipinski definition) is 2. The smallest absolute Gasteiger partial charge is 0.264 e. The number of halogens is 1. The van der Waals surface area contributed by atoms with E-state index in [4.69, 9.17) is 11.5 Å². The Balaban J connectivity index is 1.92. The molecule has 10 heteroatoms. The van der Waals surface area contributed by atoms with E-state index >= 15 is 0 Å². The molecule has 1 aromatic carbocycles. The number of nitrogens with two attached hydrogens (primary N) is 2. The summed E-state index contributed by atoms with van der Waals surface area (Å²) in [7, 11) is 0. The van der Waals surface area contributed by atoms with Crippen molar-refractivity contribution in [1.29, 1.82) is 0 Å². The highest BCUT2D eigenvalue weighted by atomic mass is 32.1. The topological polar surface area (TPSA) is 124 Å². The zero-order chi connectivity index (χ0) is 20.4. The number of carbonyl (C=O) groups is 3. The van der Waals surface area contributed by atoms with E-state index in [0.29, 0.717) is 11.4 Å². The van der Waals surface area contributed by atoms with Crippen LogP contribution in [0.15, 0.2) is 30.3 Å². The number of aromatic nitrogens is 2. The number of primary amides is 2. The van der Waals surface area contributed by atoms with Crippen LogP contribution in [-0.2, 0) is 16.1 Å². The van der Waals surface area contributed by atoms with Gasteiger partial charge in [0.1, 0.15) is 23.7 Å². The minimum absolute atomic E-state index is 0.321. The summed E-state index contributed by atoms with van der Waals surface area (Å²) < 4.78 is 14.8. The van der Waals surface area contributed by atoms with Gasteiger partial charge in [0.25, 0.3) is 5.91 Å². The van der Waals surface area contributed by atoms with Gasteiger partial charge in [0.05, 0.1) is 17.1 Å².